The van der Waals surface area contributed by atoms with E-state index in [1.54, 1.807) is 0 Å². The lowest BCUT2D eigenvalue weighted by Gasteiger charge is -2.30. The number of fused-ring (bicyclic) bond motifs is 3. The molecule has 4 aromatic heterocycles. The van der Waals surface area contributed by atoms with Crippen LogP contribution in [0.4, 0.5) is 0 Å². The van der Waals surface area contributed by atoms with Gasteiger partial charge in [0.2, 0.25) is 0 Å². The van der Waals surface area contributed by atoms with Crippen LogP contribution < -0.4 is 31.4 Å². The normalized spacial score (nSPS) is 14.0. The van der Waals surface area contributed by atoms with Gasteiger partial charge < -0.3 is 0 Å². The SMILES string of the molecule is C[Si](C)(C)c1cccc(-c2cc3c(s2)-c2sc(-c4cccc([Si](C)(C)C)n4)cc2[Si]3(c2ccccc2)c2ccccc2)n1. The Morgan fingerprint density at radius 1 is 0.488 bits per heavy atom. The van der Waals surface area contributed by atoms with E-state index in [9.17, 15) is 0 Å². The van der Waals surface area contributed by atoms with Gasteiger partial charge in [-0.15, -0.1) is 22.7 Å². The van der Waals surface area contributed by atoms with Crippen LogP contribution in [0, 0.1) is 0 Å². The topological polar surface area (TPSA) is 25.8 Å². The van der Waals surface area contributed by atoms with Crippen molar-refractivity contribution in [3.63, 3.8) is 0 Å². The summed E-state index contributed by atoms with van der Waals surface area (Å²) in [6.45, 7) is 14.3. The Hall–Kier alpha value is -3.21. The van der Waals surface area contributed by atoms with E-state index in [2.05, 4.69) is 148 Å². The lowest BCUT2D eigenvalue weighted by atomic mass is 10.3. The molecule has 0 bridgehead atoms. The molecule has 0 fully saturated rings. The first kappa shape index (κ1) is 28.6. The van der Waals surface area contributed by atoms with E-state index in [-0.39, 0.29) is 0 Å². The van der Waals surface area contributed by atoms with Crippen LogP contribution in [0.1, 0.15) is 0 Å². The minimum absolute atomic E-state index is 1.10. The summed E-state index contributed by atoms with van der Waals surface area (Å²) in [4.78, 5) is 15.9. The van der Waals surface area contributed by atoms with E-state index in [1.807, 2.05) is 22.7 Å². The fourth-order valence-corrected chi connectivity index (χ4v) is 17.1. The second kappa shape index (κ2) is 10.5. The fraction of sp³-hybridized carbons (Fsp3) is 0.167. The van der Waals surface area contributed by atoms with Gasteiger partial charge in [0.05, 0.1) is 21.1 Å². The zero-order valence-electron chi connectivity index (χ0n) is 25.6. The minimum atomic E-state index is -2.57. The molecule has 214 valence electrons. The van der Waals surface area contributed by atoms with Crippen molar-refractivity contribution >= 4 is 78.3 Å². The van der Waals surface area contributed by atoms with E-state index >= 15 is 0 Å². The summed E-state index contributed by atoms with van der Waals surface area (Å²) in [5, 5.41) is 8.40. The van der Waals surface area contributed by atoms with E-state index in [0.717, 1.165) is 11.4 Å². The van der Waals surface area contributed by atoms with Crippen molar-refractivity contribution in [2.75, 3.05) is 0 Å². The highest BCUT2D eigenvalue weighted by Crippen LogP contribution is 2.43. The largest absolute Gasteiger partial charge is 0.257 e. The van der Waals surface area contributed by atoms with Crippen LogP contribution >= 0.6 is 22.7 Å². The van der Waals surface area contributed by atoms with Crippen molar-refractivity contribution in [2.24, 2.45) is 0 Å². The second-order valence-corrected chi connectivity index (χ2v) is 29.4. The first-order chi connectivity index (χ1) is 20.6. The summed E-state index contributed by atoms with van der Waals surface area (Å²) in [5.41, 5.74) is 2.21. The molecular formula is C36H36N2S2Si3. The maximum absolute atomic E-state index is 5.25. The van der Waals surface area contributed by atoms with Crippen molar-refractivity contribution in [1.29, 1.82) is 0 Å². The summed E-state index contributed by atoms with van der Waals surface area (Å²) >= 11 is 3.86. The minimum Gasteiger partial charge on any atom is -0.257 e. The van der Waals surface area contributed by atoms with Gasteiger partial charge in [0.25, 0.3) is 0 Å². The lowest BCUT2D eigenvalue weighted by Crippen LogP contribution is -2.72. The summed E-state index contributed by atoms with van der Waals surface area (Å²) in [5.74, 6) is 0. The zero-order valence-corrected chi connectivity index (χ0v) is 30.2. The van der Waals surface area contributed by atoms with Crippen LogP contribution in [0.15, 0.2) is 109 Å². The van der Waals surface area contributed by atoms with Crippen LogP contribution in [0.2, 0.25) is 39.3 Å². The third kappa shape index (κ3) is 4.78. The fourth-order valence-electron chi connectivity index (χ4n) is 6.22. The summed E-state index contributed by atoms with van der Waals surface area (Å²) in [6, 6.07) is 40.8. The highest BCUT2D eigenvalue weighted by atomic mass is 32.1. The smallest absolute Gasteiger partial charge is 0.182 e. The third-order valence-corrected chi connectivity index (χ3v) is 19.7. The summed E-state index contributed by atoms with van der Waals surface area (Å²) < 4.78 is 0. The Balaban J connectivity index is 1.51. The average molecular weight is 645 g/mol. The maximum Gasteiger partial charge on any atom is 0.182 e. The Morgan fingerprint density at radius 3 is 1.26 bits per heavy atom. The van der Waals surface area contributed by atoms with E-state index in [0.29, 0.717) is 0 Å². The molecule has 0 saturated carbocycles. The first-order valence-electron chi connectivity index (χ1n) is 14.9. The van der Waals surface area contributed by atoms with Crippen LogP contribution in [-0.4, -0.2) is 34.2 Å². The van der Waals surface area contributed by atoms with Gasteiger partial charge in [-0.05, 0) is 57.1 Å². The first-order valence-corrected chi connectivity index (χ1v) is 25.6. The molecule has 7 heteroatoms. The molecule has 1 aliphatic rings. The molecule has 0 saturated heterocycles. The van der Waals surface area contributed by atoms with Crippen LogP contribution in [-0.2, 0) is 0 Å². The van der Waals surface area contributed by atoms with E-state index in [1.165, 1.54) is 50.9 Å². The van der Waals surface area contributed by atoms with Gasteiger partial charge in [-0.1, -0.05) is 112 Å². The molecule has 5 heterocycles. The molecule has 6 aromatic rings. The molecule has 0 N–H and O–H groups in total. The molecule has 0 aliphatic carbocycles. The summed E-state index contributed by atoms with van der Waals surface area (Å²) in [6.07, 6.45) is 0. The Morgan fingerprint density at radius 2 is 0.884 bits per heavy atom. The highest BCUT2D eigenvalue weighted by Gasteiger charge is 2.51. The van der Waals surface area contributed by atoms with Gasteiger partial charge >= 0.3 is 0 Å². The third-order valence-electron chi connectivity index (χ3n) is 8.43. The van der Waals surface area contributed by atoms with Gasteiger partial charge in [0, 0.05) is 20.4 Å². The zero-order chi connectivity index (χ0) is 30.0. The number of pyridine rings is 2. The molecule has 0 amide bonds. The number of benzene rings is 2. The molecule has 43 heavy (non-hydrogen) atoms. The number of hydrogen-bond acceptors (Lipinski definition) is 4. The number of hydrogen-bond donors (Lipinski definition) is 0. The Kier molecular flexibility index (Phi) is 6.94. The van der Waals surface area contributed by atoms with Gasteiger partial charge in [0.1, 0.15) is 16.1 Å². The van der Waals surface area contributed by atoms with Gasteiger partial charge in [0.15, 0.2) is 8.07 Å². The number of rotatable bonds is 6. The van der Waals surface area contributed by atoms with E-state index < -0.39 is 24.2 Å². The van der Waals surface area contributed by atoms with Crippen LogP contribution in [0.3, 0.4) is 0 Å². The molecule has 2 nitrogen and oxygen atoms in total. The number of thiophene rings is 2. The van der Waals surface area contributed by atoms with Crippen LogP contribution in [0.25, 0.3) is 30.9 Å². The molecule has 1 aliphatic heterocycles. The van der Waals surface area contributed by atoms with Crippen molar-refractivity contribution in [3.05, 3.63) is 109 Å². The monoisotopic (exact) mass is 644 g/mol. The van der Waals surface area contributed by atoms with Crippen LogP contribution in [0.5, 0.6) is 0 Å². The van der Waals surface area contributed by atoms with Gasteiger partial charge in [-0.2, -0.15) is 0 Å². The molecule has 0 unspecified atom stereocenters. The molecule has 2 aromatic carbocycles. The standard InChI is InChI=1S/C36H36N2S2Si3/c1-41(2,3)33-21-13-19-27(37-33)29-23-31-35(39-29)36-32(24-30(40-36)28-20-14-22-34(38-28)42(4,5)6)43(31,25-15-9-7-10-16-25)26-17-11-8-12-18-26/h7-24H,1-6H3. The lowest BCUT2D eigenvalue weighted by molar-refractivity contribution is 1.37. The Bertz CT molecular complexity index is 1810. The predicted octanol–water partition coefficient (Wildman–Crippen LogP) is 6.38. The van der Waals surface area contributed by atoms with E-state index in [4.69, 9.17) is 9.97 Å². The second-order valence-electron chi connectivity index (χ2n) is 13.5. The van der Waals surface area contributed by atoms with Crippen molar-refractivity contribution in [1.82, 2.24) is 9.97 Å². The van der Waals surface area contributed by atoms with Crippen molar-refractivity contribution in [3.8, 4) is 30.9 Å². The highest BCUT2D eigenvalue weighted by molar-refractivity contribution is 7.35. The van der Waals surface area contributed by atoms with Gasteiger partial charge in [-0.3, -0.25) is 9.97 Å². The summed E-state index contributed by atoms with van der Waals surface area (Å²) in [7, 11) is -5.65. The quantitative estimate of drug-likeness (QED) is 0.196. The number of nitrogens with zero attached hydrogens (tertiary/aromatic N) is 2. The molecular weight excluding hydrogens is 609 g/mol. The maximum atomic E-state index is 5.25. The Labute approximate surface area is 266 Å². The van der Waals surface area contributed by atoms with Gasteiger partial charge in [-0.25, -0.2) is 0 Å². The van der Waals surface area contributed by atoms with Crippen molar-refractivity contribution < 1.29 is 0 Å². The average Bonchev–Trinajstić information content (AvgIpc) is 3.69. The van der Waals surface area contributed by atoms with Crippen molar-refractivity contribution in [2.45, 2.75) is 39.3 Å². The molecule has 0 spiro atoms. The predicted molar refractivity (Wildman–Crippen MR) is 197 cm³/mol. The number of aromatic nitrogens is 2. The molecule has 0 radical (unpaired) electrons. The molecule has 7 rings (SSSR count). The molecule has 0 atom stereocenters.